The van der Waals surface area contributed by atoms with Crippen molar-refractivity contribution in [1.29, 1.82) is 0 Å². The first-order valence-corrected chi connectivity index (χ1v) is 10.4. The first kappa shape index (κ1) is 18.1. The summed E-state index contributed by atoms with van der Waals surface area (Å²) in [6, 6.07) is 22.9. The molecular weight excluding hydrogens is 390 g/mol. The summed E-state index contributed by atoms with van der Waals surface area (Å²) < 4.78 is 0. The predicted octanol–water partition coefficient (Wildman–Crippen LogP) is 3.96. The van der Waals surface area contributed by atoms with Gasteiger partial charge in [0.15, 0.2) is 0 Å². The van der Waals surface area contributed by atoms with Gasteiger partial charge in [0, 0.05) is 11.8 Å². The van der Waals surface area contributed by atoms with Gasteiger partial charge in [0.25, 0.3) is 11.8 Å². The van der Waals surface area contributed by atoms with Crippen molar-refractivity contribution in [1.82, 2.24) is 5.06 Å². The van der Waals surface area contributed by atoms with Crippen LogP contribution in [0.5, 0.6) is 0 Å². The highest BCUT2D eigenvalue weighted by Gasteiger charge is 2.62. The topological polar surface area (TPSA) is 63.7 Å². The van der Waals surface area contributed by atoms with Gasteiger partial charge >= 0.3 is 5.97 Å². The van der Waals surface area contributed by atoms with Crippen LogP contribution in [0.2, 0.25) is 0 Å². The minimum Gasteiger partial charge on any atom is -0.325 e. The molecule has 7 rings (SSSR count). The minimum atomic E-state index is -0.706. The largest absolute Gasteiger partial charge is 0.363 e. The predicted molar refractivity (Wildman–Crippen MR) is 112 cm³/mol. The van der Waals surface area contributed by atoms with E-state index in [2.05, 4.69) is 0 Å². The van der Waals surface area contributed by atoms with E-state index in [1.54, 1.807) is 24.3 Å². The van der Waals surface area contributed by atoms with Crippen LogP contribution in [0.25, 0.3) is 0 Å². The van der Waals surface area contributed by atoms with Gasteiger partial charge in [0.1, 0.15) is 0 Å². The van der Waals surface area contributed by atoms with E-state index in [4.69, 9.17) is 4.84 Å². The van der Waals surface area contributed by atoms with Gasteiger partial charge in [-0.3, -0.25) is 9.59 Å². The molecule has 0 aromatic heterocycles. The number of hydrogen-bond donors (Lipinski definition) is 0. The summed E-state index contributed by atoms with van der Waals surface area (Å²) in [5.41, 5.74) is 5.64. The third-order valence-corrected chi connectivity index (χ3v) is 6.87. The van der Waals surface area contributed by atoms with Crippen LogP contribution in [0.4, 0.5) is 0 Å². The standard InChI is InChI=1S/C26H19NO4/c1-14-10-12-15(13-11-14)26(30)31-27-24(28)22-20-16-6-2-3-7-17(16)21(23(22)25(27)29)19-9-5-4-8-18(19)20/h2-13,20-23H,1H3/t20?,21?,22-,23+. The van der Waals surface area contributed by atoms with Crippen LogP contribution in [0.3, 0.4) is 0 Å². The van der Waals surface area contributed by atoms with Crippen molar-refractivity contribution >= 4 is 17.8 Å². The third-order valence-electron chi connectivity index (χ3n) is 6.87. The van der Waals surface area contributed by atoms with Gasteiger partial charge in [-0.15, -0.1) is 5.06 Å². The Balaban J connectivity index is 1.41. The lowest BCUT2D eigenvalue weighted by atomic mass is 9.55. The van der Waals surface area contributed by atoms with E-state index in [0.717, 1.165) is 32.9 Å². The lowest BCUT2D eigenvalue weighted by Crippen LogP contribution is -2.41. The number of carbonyl (C=O) groups excluding carboxylic acids is 3. The molecule has 3 aromatic carbocycles. The first-order chi connectivity index (χ1) is 15.1. The number of imide groups is 1. The van der Waals surface area contributed by atoms with Gasteiger partial charge < -0.3 is 4.84 Å². The molecule has 0 unspecified atom stereocenters. The Kier molecular flexibility index (Phi) is 3.72. The maximum absolute atomic E-state index is 13.4. The van der Waals surface area contributed by atoms with Crippen LogP contribution < -0.4 is 0 Å². The number of hydroxylamine groups is 2. The zero-order valence-electron chi connectivity index (χ0n) is 16.8. The van der Waals surface area contributed by atoms with Crippen molar-refractivity contribution in [2.75, 3.05) is 0 Å². The van der Waals surface area contributed by atoms with Crippen LogP contribution in [-0.4, -0.2) is 22.8 Å². The number of rotatable bonds is 2. The van der Waals surface area contributed by atoms with Crippen molar-refractivity contribution in [3.63, 3.8) is 0 Å². The van der Waals surface area contributed by atoms with Crippen LogP contribution >= 0.6 is 0 Å². The van der Waals surface area contributed by atoms with Gasteiger partial charge in [-0.2, -0.15) is 0 Å². The highest BCUT2D eigenvalue weighted by Crippen LogP contribution is 2.60. The number of nitrogens with zero attached hydrogens (tertiary/aromatic N) is 1. The maximum atomic E-state index is 13.4. The number of hydrogen-bond acceptors (Lipinski definition) is 4. The molecule has 1 fully saturated rings. The third kappa shape index (κ3) is 2.40. The Morgan fingerprint density at radius 1 is 0.710 bits per heavy atom. The molecule has 2 amide bonds. The summed E-state index contributed by atoms with van der Waals surface area (Å²) in [5, 5.41) is 0.718. The molecule has 0 spiro atoms. The molecule has 5 nitrogen and oxygen atoms in total. The molecule has 3 aromatic rings. The van der Waals surface area contributed by atoms with Gasteiger partial charge in [-0.1, -0.05) is 66.2 Å². The summed E-state index contributed by atoms with van der Waals surface area (Å²) in [6.45, 7) is 1.92. The number of benzene rings is 3. The molecule has 4 aliphatic rings. The minimum absolute atomic E-state index is 0.220. The van der Waals surface area contributed by atoms with E-state index in [0.29, 0.717) is 5.56 Å². The van der Waals surface area contributed by atoms with E-state index >= 15 is 0 Å². The number of carbonyl (C=O) groups is 3. The molecular formula is C26H19NO4. The van der Waals surface area contributed by atoms with Crippen molar-refractivity contribution < 1.29 is 19.2 Å². The van der Waals surface area contributed by atoms with Gasteiger partial charge in [0.05, 0.1) is 17.4 Å². The Morgan fingerprint density at radius 2 is 1.13 bits per heavy atom. The molecule has 1 saturated heterocycles. The molecule has 3 aliphatic carbocycles. The van der Waals surface area contributed by atoms with Crippen LogP contribution in [0.1, 0.15) is 50.0 Å². The van der Waals surface area contributed by atoms with Gasteiger partial charge in [-0.25, -0.2) is 4.79 Å². The summed E-state index contributed by atoms with van der Waals surface area (Å²) >= 11 is 0. The Bertz CT molecular complexity index is 1150. The Hall–Kier alpha value is -3.73. The SMILES string of the molecule is Cc1ccc(C(=O)ON2C(=O)[C@@H]3C4c5ccccc5C(c5ccccc54)[C@@H]3C2=O)cc1. The van der Waals surface area contributed by atoms with Crippen molar-refractivity contribution in [2.45, 2.75) is 18.8 Å². The van der Waals surface area contributed by atoms with E-state index < -0.39 is 29.6 Å². The van der Waals surface area contributed by atoms with Crippen molar-refractivity contribution in [3.05, 3.63) is 106 Å². The zero-order valence-corrected chi connectivity index (χ0v) is 16.8. The lowest BCUT2D eigenvalue weighted by Gasteiger charge is -2.45. The highest BCUT2D eigenvalue weighted by atomic mass is 16.7. The fraction of sp³-hybridized carbons (Fsp3) is 0.192. The molecule has 2 bridgehead atoms. The number of aryl methyl sites for hydroxylation is 1. The molecule has 1 aliphatic heterocycles. The second kappa shape index (κ2) is 6.38. The highest BCUT2D eigenvalue weighted by molar-refractivity contribution is 6.08. The normalized spacial score (nSPS) is 25.1. The van der Waals surface area contributed by atoms with Crippen LogP contribution in [0, 0.1) is 18.8 Å². The monoisotopic (exact) mass is 409 g/mol. The second-order valence-electron chi connectivity index (χ2n) is 8.48. The number of amides is 2. The Labute approximate surface area is 179 Å². The van der Waals surface area contributed by atoms with Crippen LogP contribution in [0.15, 0.2) is 72.8 Å². The van der Waals surface area contributed by atoms with Crippen molar-refractivity contribution in [3.8, 4) is 0 Å². The van der Waals surface area contributed by atoms with Crippen LogP contribution in [-0.2, 0) is 14.4 Å². The quantitative estimate of drug-likeness (QED) is 0.601. The molecule has 0 radical (unpaired) electrons. The maximum Gasteiger partial charge on any atom is 0.363 e. The fourth-order valence-corrected chi connectivity index (χ4v) is 5.57. The van der Waals surface area contributed by atoms with E-state index in [1.807, 2.05) is 55.5 Å². The zero-order chi connectivity index (χ0) is 21.3. The molecule has 2 atom stereocenters. The molecule has 0 N–H and O–H groups in total. The lowest BCUT2D eigenvalue weighted by molar-refractivity contribution is -0.174. The van der Waals surface area contributed by atoms with Gasteiger partial charge in [-0.05, 0) is 41.3 Å². The molecule has 1 heterocycles. The fourth-order valence-electron chi connectivity index (χ4n) is 5.57. The summed E-state index contributed by atoms with van der Waals surface area (Å²) in [4.78, 5) is 44.8. The second-order valence-corrected chi connectivity index (χ2v) is 8.48. The Morgan fingerprint density at radius 3 is 1.55 bits per heavy atom. The molecule has 0 saturated carbocycles. The summed E-state index contributed by atoms with van der Waals surface area (Å²) in [6.07, 6.45) is 0. The summed E-state index contributed by atoms with van der Waals surface area (Å²) in [7, 11) is 0. The molecule has 5 heteroatoms. The smallest absolute Gasteiger partial charge is 0.325 e. The molecule has 31 heavy (non-hydrogen) atoms. The molecule has 152 valence electrons. The average molecular weight is 409 g/mol. The first-order valence-electron chi connectivity index (χ1n) is 10.4. The average Bonchev–Trinajstić information content (AvgIpc) is 3.05. The van der Waals surface area contributed by atoms with Crippen molar-refractivity contribution in [2.24, 2.45) is 11.8 Å². The van der Waals surface area contributed by atoms with Gasteiger partial charge in [0.2, 0.25) is 0 Å². The summed E-state index contributed by atoms with van der Waals surface area (Å²) in [5.74, 6) is -3.14. The van der Waals surface area contributed by atoms with E-state index in [1.165, 1.54) is 0 Å². The van der Waals surface area contributed by atoms with E-state index in [9.17, 15) is 14.4 Å². The van der Waals surface area contributed by atoms with E-state index in [-0.39, 0.29) is 11.8 Å².